The van der Waals surface area contributed by atoms with E-state index in [9.17, 15) is 4.79 Å². The van der Waals surface area contributed by atoms with Crippen molar-refractivity contribution in [1.82, 2.24) is 4.98 Å². The Morgan fingerprint density at radius 3 is 2.67 bits per heavy atom. The molecule has 0 saturated carbocycles. The first-order chi connectivity index (χ1) is 8.43. The summed E-state index contributed by atoms with van der Waals surface area (Å²) in [6, 6.07) is 0. The number of esters is 1. The molecule has 100 valence electrons. The van der Waals surface area contributed by atoms with Gasteiger partial charge in [0.15, 0.2) is 0 Å². The summed E-state index contributed by atoms with van der Waals surface area (Å²) in [5.74, 6) is 0.185. The molecule has 1 aliphatic heterocycles. The minimum absolute atomic E-state index is 0.135. The minimum Gasteiger partial charge on any atom is -0.463 e. The van der Waals surface area contributed by atoms with Crippen LogP contribution < -0.4 is 0 Å². The molecule has 0 amide bonds. The molecule has 0 spiro atoms. The SMILES string of the molecule is COC(=O)c1oc(C2CCCO2)nc1C(C)(C)C. The van der Waals surface area contributed by atoms with E-state index in [4.69, 9.17) is 13.9 Å². The first-order valence-corrected chi connectivity index (χ1v) is 6.14. The van der Waals surface area contributed by atoms with Crippen LogP contribution in [0.4, 0.5) is 0 Å². The third-order valence-electron chi connectivity index (χ3n) is 2.93. The zero-order chi connectivity index (χ0) is 13.3. The monoisotopic (exact) mass is 253 g/mol. The number of aromatic nitrogens is 1. The van der Waals surface area contributed by atoms with Gasteiger partial charge in [-0.2, -0.15) is 0 Å². The Morgan fingerprint density at radius 1 is 1.44 bits per heavy atom. The lowest BCUT2D eigenvalue weighted by atomic mass is 9.91. The van der Waals surface area contributed by atoms with Gasteiger partial charge in [0.05, 0.1) is 12.8 Å². The number of rotatable bonds is 2. The lowest BCUT2D eigenvalue weighted by molar-refractivity contribution is 0.0539. The second kappa shape index (κ2) is 4.72. The molecule has 0 bridgehead atoms. The summed E-state index contributed by atoms with van der Waals surface area (Å²) >= 11 is 0. The molecule has 0 N–H and O–H groups in total. The summed E-state index contributed by atoms with van der Waals surface area (Å²) in [4.78, 5) is 16.2. The van der Waals surface area contributed by atoms with Gasteiger partial charge < -0.3 is 13.9 Å². The molecule has 5 heteroatoms. The summed E-state index contributed by atoms with van der Waals surface area (Å²) in [6.45, 7) is 6.66. The maximum atomic E-state index is 11.7. The quantitative estimate of drug-likeness (QED) is 0.758. The lowest BCUT2D eigenvalue weighted by Gasteiger charge is -2.15. The van der Waals surface area contributed by atoms with E-state index >= 15 is 0 Å². The molecular weight excluding hydrogens is 234 g/mol. The van der Waals surface area contributed by atoms with Crippen molar-refractivity contribution in [3.05, 3.63) is 17.3 Å². The van der Waals surface area contributed by atoms with E-state index in [2.05, 4.69) is 4.98 Å². The van der Waals surface area contributed by atoms with Gasteiger partial charge in [-0.3, -0.25) is 0 Å². The van der Waals surface area contributed by atoms with Crippen LogP contribution in [-0.4, -0.2) is 24.7 Å². The molecule has 1 fully saturated rings. The number of hydrogen-bond donors (Lipinski definition) is 0. The van der Waals surface area contributed by atoms with Gasteiger partial charge in [-0.25, -0.2) is 9.78 Å². The standard InChI is InChI=1S/C13H19NO4/c1-13(2,3)10-9(12(15)16-4)18-11(14-10)8-6-5-7-17-8/h8H,5-7H2,1-4H3. The Labute approximate surface area is 106 Å². The van der Waals surface area contributed by atoms with E-state index in [0.717, 1.165) is 12.8 Å². The number of hydrogen-bond acceptors (Lipinski definition) is 5. The molecule has 1 aromatic heterocycles. The van der Waals surface area contributed by atoms with Gasteiger partial charge >= 0.3 is 5.97 Å². The van der Waals surface area contributed by atoms with Crippen LogP contribution in [0.2, 0.25) is 0 Å². The number of ether oxygens (including phenoxy) is 2. The van der Waals surface area contributed by atoms with Crippen molar-refractivity contribution in [2.45, 2.75) is 45.1 Å². The van der Waals surface area contributed by atoms with Crippen LogP contribution in [0.5, 0.6) is 0 Å². The Kier molecular flexibility index (Phi) is 3.43. The van der Waals surface area contributed by atoms with Crippen molar-refractivity contribution in [3.63, 3.8) is 0 Å². The number of carbonyl (C=O) groups is 1. The van der Waals surface area contributed by atoms with Gasteiger partial charge in [0.1, 0.15) is 6.10 Å². The predicted molar refractivity (Wildman–Crippen MR) is 64.5 cm³/mol. The first-order valence-electron chi connectivity index (χ1n) is 6.14. The zero-order valence-corrected chi connectivity index (χ0v) is 11.3. The smallest absolute Gasteiger partial charge is 0.376 e. The Hall–Kier alpha value is -1.36. The molecule has 18 heavy (non-hydrogen) atoms. The van der Waals surface area contributed by atoms with Crippen LogP contribution in [0.3, 0.4) is 0 Å². The molecule has 1 aromatic rings. The highest BCUT2D eigenvalue weighted by atomic mass is 16.5. The highest BCUT2D eigenvalue weighted by Crippen LogP contribution is 2.33. The van der Waals surface area contributed by atoms with Gasteiger partial charge in [0.25, 0.3) is 0 Å². The molecule has 0 radical (unpaired) electrons. The van der Waals surface area contributed by atoms with Gasteiger partial charge in [0.2, 0.25) is 11.7 Å². The maximum absolute atomic E-state index is 11.7. The molecule has 5 nitrogen and oxygen atoms in total. The van der Waals surface area contributed by atoms with Crippen LogP contribution in [0.1, 0.15) is 61.9 Å². The number of nitrogens with zero attached hydrogens (tertiary/aromatic N) is 1. The molecular formula is C13H19NO4. The molecule has 1 aliphatic rings. The van der Waals surface area contributed by atoms with Crippen molar-refractivity contribution in [2.24, 2.45) is 0 Å². The highest BCUT2D eigenvalue weighted by Gasteiger charge is 2.33. The summed E-state index contributed by atoms with van der Waals surface area (Å²) in [5, 5.41) is 0. The van der Waals surface area contributed by atoms with E-state index in [0.29, 0.717) is 18.2 Å². The van der Waals surface area contributed by atoms with E-state index in [-0.39, 0.29) is 17.3 Å². The molecule has 1 unspecified atom stereocenters. The lowest BCUT2D eigenvalue weighted by Crippen LogP contribution is -2.17. The molecule has 0 aliphatic carbocycles. The van der Waals surface area contributed by atoms with E-state index in [1.807, 2.05) is 20.8 Å². The molecule has 2 rings (SSSR count). The second-order valence-corrected chi connectivity index (χ2v) is 5.47. The van der Waals surface area contributed by atoms with Crippen LogP contribution >= 0.6 is 0 Å². The predicted octanol–water partition coefficient (Wildman–Crippen LogP) is 2.61. The largest absolute Gasteiger partial charge is 0.463 e. The van der Waals surface area contributed by atoms with Crippen LogP contribution in [0, 0.1) is 0 Å². The van der Waals surface area contributed by atoms with Gasteiger partial charge in [-0.05, 0) is 12.8 Å². The van der Waals surface area contributed by atoms with Crippen molar-refractivity contribution in [2.75, 3.05) is 13.7 Å². The van der Waals surface area contributed by atoms with Gasteiger partial charge in [0, 0.05) is 12.0 Å². The van der Waals surface area contributed by atoms with Crippen molar-refractivity contribution in [3.8, 4) is 0 Å². The normalized spacial score (nSPS) is 20.1. The van der Waals surface area contributed by atoms with Gasteiger partial charge in [-0.15, -0.1) is 0 Å². The zero-order valence-electron chi connectivity index (χ0n) is 11.3. The fourth-order valence-corrected chi connectivity index (χ4v) is 1.99. The van der Waals surface area contributed by atoms with Crippen LogP contribution in [0.15, 0.2) is 4.42 Å². The molecule has 0 aromatic carbocycles. The second-order valence-electron chi connectivity index (χ2n) is 5.47. The van der Waals surface area contributed by atoms with Gasteiger partial charge in [-0.1, -0.05) is 20.8 Å². The summed E-state index contributed by atoms with van der Waals surface area (Å²) < 4.78 is 15.8. The van der Waals surface area contributed by atoms with Crippen molar-refractivity contribution in [1.29, 1.82) is 0 Å². The number of methoxy groups -OCH3 is 1. The average molecular weight is 253 g/mol. The fraction of sp³-hybridized carbons (Fsp3) is 0.692. The molecule has 2 heterocycles. The minimum atomic E-state index is -0.489. The highest BCUT2D eigenvalue weighted by molar-refractivity contribution is 5.87. The maximum Gasteiger partial charge on any atom is 0.376 e. The van der Waals surface area contributed by atoms with Crippen LogP contribution in [-0.2, 0) is 14.9 Å². The first kappa shape index (κ1) is 13.1. The van der Waals surface area contributed by atoms with E-state index in [1.165, 1.54) is 7.11 Å². The number of oxazole rings is 1. The summed E-state index contributed by atoms with van der Waals surface area (Å²) in [7, 11) is 1.34. The van der Waals surface area contributed by atoms with Crippen molar-refractivity contribution >= 4 is 5.97 Å². The summed E-state index contributed by atoms with van der Waals surface area (Å²) in [6.07, 6.45) is 1.74. The van der Waals surface area contributed by atoms with E-state index in [1.54, 1.807) is 0 Å². The van der Waals surface area contributed by atoms with Crippen molar-refractivity contribution < 1.29 is 18.7 Å². The molecule has 1 saturated heterocycles. The van der Waals surface area contributed by atoms with E-state index < -0.39 is 5.97 Å². The Bertz CT molecular complexity index is 438. The molecule has 1 atom stereocenters. The Morgan fingerprint density at radius 2 is 2.17 bits per heavy atom. The third-order valence-corrected chi connectivity index (χ3v) is 2.93. The topological polar surface area (TPSA) is 61.6 Å². The number of carbonyl (C=O) groups excluding carboxylic acids is 1. The Balaban J connectivity index is 2.40. The van der Waals surface area contributed by atoms with Crippen LogP contribution in [0.25, 0.3) is 0 Å². The average Bonchev–Trinajstić information content (AvgIpc) is 2.94. The third kappa shape index (κ3) is 2.41. The fourth-order valence-electron chi connectivity index (χ4n) is 1.99. The summed E-state index contributed by atoms with van der Waals surface area (Å²) in [5.41, 5.74) is 0.351.